The van der Waals surface area contributed by atoms with Gasteiger partial charge < -0.3 is 4.74 Å². The van der Waals surface area contributed by atoms with Crippen molar-refractivity contribution in [2.45, 2.75) is 19.8 Å². The van der Waals surface area contributed by atoms with Gasteiger partial charge in [0, 0.05) is 11.6 Å². The maximum absolute atomic E-state index is 11.2. The first kappa shape index (κ1) is 13.6. The molecular weight excluding hydrogens is 236 g/mol. The number of nitrogens with zero attached hydrogens (tertiary/aromatic N) is 2. The highest BCUT2D eigenvalue weighted by Gasteiger charge is 2.18. The molecule has 0 atom stereocenters. The molecule has 0 spiro atoms. The molecule has 1 aromatic carbocycles. The molecule has 0 bridgehead atoms. The first-order chi connectivity index (χ1) is 8.53. The van der Waals surface area contributed by atoms with Crippen LogP contribution in [-0.4, -0.2) is 18.0 Å². The summed E-state index contributed by atoms with van der Waals surface area (Å²) < 4.78 is 4.52. The highest BCUT2D eigenvalue weighted by Crippen LogP contribution is 2.24. The number of carbonyl (C=O) groups excluding carboxylic acids is 1. The molecule has 6 nitrogen and oxygen atoms in total. The first-order valence-corrected chi connectivity index (χ1v) is 5.30. The Morgan fingerprint density at radius 3 is 2.61 bits per heavy atom. The molecule has 0 saturated carbocycles. The standard InChI is InChI=1S/C12H12N2O4/c1-3-8-4-9(6-12(15)18-2)10(7-13)5-11(8)14(16)17/h4-5H,3,6H2,1-2H3. The van der Waals surface area contributed by atoms with E-state index in [1.54, 1.807) is 6.92 Å². The van der Waals surface area contributed by atoms with E-state index >= 15 is 0 Å². The molecule has 0 heterocycles. The highest BCUT2D eigenvalue weighted by atomic mass is 16.6. The molecule has 0 radical (unpaired) electrons. The summed E-state index contributed by atoms with van der Waals surface area (Å²) in [5.74, 6) is -0.484. The van der Waals surface area contributed by atoms with Crippen LogP contribution in [0.15, 0.2) is 12.1 Å². The summed E-state index contributed by atoms with van der Waals surface area (Å²) in [6.45, 7) is 1.77. The van der Waals surface area contributed by atoms with Crippen LogP contribution in [0.3, 0.4) is 0 Å². The third-order valence-electron chi connectivity index (χ3n) is 2.56. The number of methoxy groups -OCH3 is 1. The van der Waals surface area contributed by atoms with Crippen molar-refractivity contribution in [2.24, 2.45) is 0 Å². The van der Waals surface area contributed by atoms with E-state index in [-0.39, 0.29) is 17.7 Å². The smallest absolute Gasteiger partial charge is 0.310 e. The molecule has 1 rings (SSSR count). The van der Waals surface area contributed by atoms with Crippen LogP contribution < -0.4 is 0 Å². The molecule has 6 heteroatoms. The lowest BCUT2D eigenvalue weighted by Crippen LogP contribution is -2.07. The van der Waals surface area contributed by atoms with Gasteiger partial charge in [0.25, 0.3) is 5.69 Å². The van der Waals surface area contributed by atoms with Crippen LogP contribution in [0.25, 0.3) is 0 Å². The van der Waals surface area contributed by atoms with Crippen molar-refractivity contribution in [1.29, 1.82) is 5.26 Å². The number of rotatable bonds is 4. The average molecular weight is 248 g/mol. The Balaban J connectivity index is 3.31. The molecule has 0 aliphatic rings. The normalized spacial score (nSPS) is 9.61. The molecule has 0 aliphatic heterocycles. The van der Waals surface area contributed by atoms with E-state index in [0.29, 0.717) is 17.5 Å². The Labute approximate surface area is 104 Å². The highest BCUT2D eigenvalue weighted by molar-refractivity contribution is 5.74. The van der Waals surface area contributed by atoms with Gasteiger partial charge in [-0.05, 0) is 18.1 Å². The molecule has 0 unspecified atom stereocenters. The number of hydrogen-bond donors (Lipinski definition) is 0. The molecular formula is C12H12N2O4. The number of nitro groups is 1. The zero-order valence-corrected chi connectivity index (χ0v) is 10.1. The van der Waals surface area contributed by atoms with E-state index in [0.717, 1.165) is 0 Å². The molecule has 0 amide bonds. The number of nitro benzene ring substituents is 1. The fourth-order valence-electron chi connectivity index (χ4n) is 1.62. The van der Waals surface area contributed by atoms with Crippen molar-refractivity contribution in [1.82, 2.24) is 0 Å². The summed E-state index contributed by atoms with van der Waals surface area (Å²) in [5, 5.41) is 19.8. The van der Waals surface area contributed by atoms with Gasteiger partial charge in [0.15, 0.2) is 0 Å². The van der Waals surface area contributed by atoms with Gasteiger partial charge in [-0.3, -0.25) is 14.9 Å². The lowest BCUT2D eigenvalue weighted by molar-refractivity contribution is -0.385. The SMILES string of the molecule is CCc1cc(CC(=O)OC)c(C#N)cc1[N+](=O)[O-]. The maximum atomic E-state index is 11.2. The van der Waals surface area contributed by atoms with Crippen LogP contribution in [0.5, 0.6) is 0 Å². The van der Waals surface area contributed by atoms with Crippen LogP contribution in [0.4, 0.5) is 5.69 Å². The van der Waals surface area contributed by atoms with Crippen molar-refractivity contribution in [3.63, 3.8) is 0 Å². The van der Waals surface area contributed by atoms with E-state index in [1.165, 1.54) is 19.2 Å². The Hall–Kier alpha value is -2.42. The maximum Gasteiger partial charge on any atom is 0.310 e. The molecule has 0 aromatic heterocycles. The van der Waals surface area contributed by atoms with Crippen LogP contribution in [0.1, 0.15) is 23.6 Å². The van der Waals surface area contributed by atoms with Crippen molar-refractivity contribution >= 4 is 11.7 Å². The zero-order chi connectivity index (χ0) is 13.7. The minimum atomic E-state index is -0.526. The first-order valence-electron chi connectivity index (χ1n) is 5.30. The monoisotopic (exact) mass is 248 g/mol. The predicted octanol–water partition coefficient (Wildman–Crippen LogP) is 1.74. The van der Waals surface area contributed by atoms with Gasteiger partial charge in [-0.2, -0.15) is 5.26 Å². The van der Waals surface area contributed by atoms with Crippen LogP contribution in [0, 0.1) is 21.4 Å². The van der Waals surface area contributed by atoms with Crippen LogP contribution >= 0.6 is 0 Å². The van der Waals surface area contributed by atoms with E-state index in [4.69, 9.17) is 5.26 Å². The fourth-order valence-corrected chi connectivity index (χ4v) is 1.62. The Kier molecular flexibility index (Phi) is 4.38. The van der Waals surface area contributed by atoms with Crippen molar-refractivity contribution < 1.29 is 14.5 Å². The van der Waals surface area contributed by atoms with Crippen molar-refractivity contribution in [3.8, 4) is 6.07 Å². The number of benzene rings is 1. The minimum Gasteiger partial charge on any atom is -0.469 e. The Morgan fingerprint density at radius 1 is 1.50 bits per heavy atom. The van der Waals surface area contributed by atoms with E-state index in [2.05, 4.69) is 4.74 Å². The Bertz CT molecular complexity index is 532. The fraction of sp³-hybridized carbons (Fsp3) is 0.333. The second kappa shape index (κ2) is 5.77. The zero-order valence-electron chi connectivity index (χ0n) is 10.1. The topological polar surface area (TPSA) is 93.2 Å². The van der Waals surface area contributed by atoms with Crippen LogP contribution in [-0.2, 0) is 22.4 Å². The Morgan fingerprint density at radius 2 is 2.17 bits per heavy atom. The van der Waals surface area contributed by atoms with Gasteiger partial charge in [0.1, 0.15) is 0 Å². The number of aryl methyl sites for hydroxylation is 1. The van der Waals surface area contributed by atoms with E-state index in [1.807, 2.05) is 6.07 Å². The van der Waals surface area contributed by atoms with Crippen molar-refractivity contribution in [2.75, 3.05) is 7.11 Å². The van der Waals surface area contributed by atoms with Gasteiger partial charge >= 0.3 is 5.97 Å². The second-order valence-electron chi connectivity index (χ2n) is 3.61. The van der Waals surface area contributed by atoms with Gasteiger partial charge in [-0.15, -0.1) is 0 Å². The molecule has 0 N–H and O–H groups in total. The summed E-state index contributed by atoms with van der Waals surface area (Å²) in [6.07, 6.45) is 0.389. The lowest BCUT2D eigenvalue weighted by atomic mass is 9.99. The summed E-state index contributed by atoms with van der Waals surface area (Å²) in [7, 11) is 1.25. The summed E-state index contributed by atoms with van der Waals surface area (Å²) in [4.78, 5) is 21.5. The quantitative estimate of drug-likeness (QED) is 0.459. The van der Waals surface area contributed by atoms with Gasteiger partial charge in [-0.25, -0.2) is 0 Å². The molecule has 94 valence electrons. The van der Waals surface area contributed by atoms with Gasteiger partial charge in [0.05, 0.1) is 30.1 Å². The number of carbonyl (C=O) groups is 1. The number of hydrogen-bond acceptors (Lipinski definition) is 5. The van der Waals surface area contributed by atoms with E-state index < -0.39 is 10.9 Å². The summed E-state index contributed by atoms with van der Waals surface area (Å²) >= 11 is 0. The van der Waals surface area contributed by atoms with Gasteiger partial charge in [-0.1, -0.05) is 6.92 Å². The predicted molar refractivity (Wildman–Crippen MR) is 62.9 cm³/mol. The third kappa shape index (κ3) is 2.83. The summed E-state index contributed by atoms with van der Waals surface area (Å²) in [6, 6.07) is 4.59. The summed E-state index contributed by atoms with van der Waals surface area (Å²) in [5.41, 5.74) is 0.983. The number of nitriles is 1. The minimum absolute atomic E-state index is 0.0651. The second-order valence-corrected chi connectivity index (χ2v) is 3.61. The number of esters is 1. The third-order valence-corrected chi connectivity index (χ3v) is 2.56. The van der Waals surface area contributed by atoms with Crippen molar-refractivity contribution in [3.05, 3.63) is 38.9 Å². The molecule has 0 aliphatic carbocycles. The molecule has 0 fully saturated rings. The lowest BCUT2D eigenvalue weighted by Gasteiger charge is -2.06. The molecule has 1 aromatic rings. The average Bonchev–Trinajstić information content (AvgIpc) is 2.37. The number of ether oxygens (including phenoxy) is 1. The largest absolute Gasteiger partial charge is 0.469 e. The molecule has 0 saturated heterocycles. The van der Waals surface area contributed by atoms with E-state index in [9.17, 15) is 14.9 Å². The van der Waals surface area contributed by atoms with Gasteiger partial charge in [0.2, 0.25) is 0 Å². The van der Waals surface area contributed by atoms with Crippen LogP contribution in [0.2, 0.25) is 0 Å². The molecule has 18 heavy (non-hydrogen) atoms.